The Balaban J connectivity index is 1.54. The van der Waals surface area contributed by atoms with Crippen LogP contribution in [0.2, 0.25) is 0 Å². The molecule has 0 aliphatic heterocycles. The third kappa shape index (κ3) is 5.13. The van der Waals surface area contributed by atoms with Crippen LogP contribution in [0, 0.1) is 0 Å². The van der Waals surface area contributed by atoms with E-state index in [1.807, 2.05) is 50.2 Å². The van der Waals surface area contributed by atoms with Crippen molar-refractivity contribution in [1.82, 2.24) is 25.5 Å². The fourth-order valence-electron chi connectivity index (χ4n) is 2.65. The van der Waals surface area contributed by atoms with E-state index in [-0.39, 0.29) is 18.6 Å². The zero-order valence-corrected chi connectivity index (χ0v) is 15.5. The van der Waals surface area contributed by atoms with Crippen molar-refractivity contribution in [3.05, 3.63) is 71.5 Å². The van der Waals surface area contributed by atoms with Crippen LogP contribution in [0.4, 0.5) is 0 Å². The Morgan fingerprint density at radius 1 is 1.15 bits per heavy atom. The molecule has 0 bridgehead atoms. The molecule has 27 heavy (non-hydrogen) atoms. The maximum atomic E-state index is 12.4. The van der Waals surface area contributed by atoms with Gasteiger partial charge >= 0.3 is 0 Å². The average molecular weight is 365 g/mol. The largest absolute Gasteiger partial charge is 0.486 e. The second-order valence-corrected chi connectivity index (χ2v) is 6.44. The third-order valence-corrected chi connectivity index (χ3v) is 4.06. The molecule has 1 heterocycles. The topological polar surface area (TPSA) is 81.9 Å². The fraction of sp³-hybridized carbons (Fsp3) is 0.300. The molecule has 0 aliphatic rings. The number of aromatic nitrogens is 4. The smallest absolute Gasteiger partial charge is 0.251 e. The minimum Gasteiger partial charge on any atom is -0.486 e. The number of hydrogen-bond acceptors (Lipinski definition) is 5. The van der Waals surface area contributed by atoms with E-state index in [2.05, 4.69) is 20.8 Å². The maximum absolute atomic E-state index is 12.4. The first-order valence-corrected chi connectivity index (χ1v) is 8.95. The summed E-state index contributed by atoms with van der Waals surface area (Å²) < 4.78 is 7.47. The van der Waals surface area contributed by atoms with E-state index < -0.39 is 0 Å². The highest BCUT2D eigenvalue weighted by Gasteiger charge is 2.11. The van der Waals surface area contributed by atoms with Gasteiger partial charge in [0.25, 0.3) is 5.91 Å². The van der Waals surface area contributed by atoms with E-state index in [1.54, 1.807) is 22.9 Å². The molecule has 0 spiro atoms. The van der Waals surface area contributed by atoms with E-state index in [0.29, 0.717) is 23.7 Å². The minimum atomic E-state index is -0.122. The van der Waals surface area contributed by atoms with Gasteiger partial charge in [0.15, 0.2) is 5.82 Å². The molecule has 3 aromatic rings. The minimum absolute atomic E-state index is 0.122. The molecule has 3 rings (SSSR count). The summed E-state index contributed by atoms with van der Waals surface area (Å²) in [5, 5.41) is 14.5. The van der Waals surface area contributed by atoms with Gasteiger partial charge in [0.2, 0.25) is 0 Å². The highest BCUT2D eigenvalue weighted by molar-refractivity contribution is 5.94. The Kier molecular flexibility index (Phi) is 6.14. The Morgan fingerprint density at radius 3 is 2.74 bits per heavy atom. The second-order valence-electron chi connectivity index (χ2n) is 6.44. The summed E-state index contributed by atoms with van der Waals surface area (Å²) in [7, 11) is 0. The van der Waals surface area contributed by atoms with Gasteiger partial charge in [0, 0.05) is 12.1 Å². The molecule has 1 N–H and O–H groups in total. The van der Waals surface area contributed by atoms with Crippen LogP contribution in [-0.2, 0) is 13.0 Å². The van der Waals surface area contributed by atoms with Crippen molar-refractivity contribution >= 4 is 5.91 Å². The van der Waals surface area contributed by atoms with Crippen LogP contribution in [0.25, 0.3) is 0 Å². The van der Waals surface area contributed by atoms with Crippen molar-refractivity contribution in [2.45, 2.75) is 32.9 Å². The van der Waals surface area contributed by atoms with Gasteiger partial charge in [-0.05, 0) is 54.5 Å². The first kappa shape index (κ1) is 18.6. The molecule has 0 unspecified atom stereocenters. The standard InChI is InChI=1S/C20H23N5O2/c1-15(2)25-19(22-23-24-25)14-27-18-10-6-9-17(13-18)20(26)21-12-11-16-7-4-3-5-8-16/h3-10,13,15H,11-12,14H2,1-2H3,(H,21,26). The predicted molar refractivity (Wildman–Crippen MR) is 101 cm³/mol. The lowest BCUT2D eigenvalue weighted by Gasteiger charge is -2.10. The van der Waals surface area contributed by atoms with E-state index in [9.17, 15) is 4.79 Å². The van der Waals surface area contributed by atoms with Gasteiger partial charge in [-0.2, -0.15) is 0 Å². The van der Waals surface area contributed by atoms with Gasteiger partial charge in [0.1, 0.15) is 12.4 Å². The first-order chi connectivity index (χ1) is 13.1. The van der Waals surface area contributed by atoms with Crippen LogP contribution in [0.1, 0.15) is 41.6 Å². The predicted octanol–water partition coefficient (Wildman–Crippen LogP) is 2.81. The number of carbonyl (C=O) groups excluding carboxylic acids is 1. The Hall–Kier alpha value is -3.22. The van der Waals surface area contributed by atoms with Gasteiger partial charge in [0.05, 0.1) is 6.04 Å². The lowest BCUT2D eigenvalue weighted by molar-refractivity contribution is 0.0953. The van der Waals surface area contributed by atoms with Crippen molar-refractivity contribution in [1.29, 1.82) is 0 Å². The first-order valence-electron chi connectivity index (χ1n) is 8.95. The number of ether oxygens (including phenoxy) is 1. The molecule has 0 fully saturated rings. The zero-order chi connectivity index (χ0) is 19.1. The van der Waals surface area contributed by atoms with Crippen LogP contribution < -0.4 is 10.1 Å². The molecule has 7 nitrogen and oxygen atoms in total. The van der Waals surface area contributed by atoms with Crippen molar-refractivity contribution in [2.24, 2.45) is 0 Å². The molecule has 140 valence electrons. The second kappa shape index (κ2) is 8.93. The van der Waals surface area contributed by atoms with Crippen LogP contribution in [0.3, 0.4) is 0 Å². The van der Waals surface area contributed by atoms with Gasteiger partial charge < -0.3 is 10.1 Å². The number of rotatable bonds is 8. The number of carbonyl (C=O) groups is 1. The number of hydrogen-bond donors (Lipinski definition) is 1. The SMILES string of the molecule is CC(C)n1nnnc1COc1cccc(C(=O)NCCc2ccccc2)c1. The lowest BCUT2D eigenvalue weighted by atomic mass is 10.1. The molecule has 0 atom stereocenters. The summed E-state index contributed by atoms with van der Waals surface area (Å²) in [5.41, 5.74) is 1.75. The van der Waals surface area contributed by atoms with E-state index in [1.165, 1.54) is 5.56 Å². The highest BCUT2D eigenvalue weighted by Crippen LogP contribution is 2.15. The monoisotopic (exact) mass is 365 g/mol. The number of nitrogens with one attached hydrogen (secondary N) is 1. The normalized spacial score (nSPS) is 10.8. The van der Waals surface area contributed by atoms with E-state index >= 15 is 0 Å². The third-order valence-electron chi connectivity index (χ3n) is 4.06. The summed E-state index contributed by atoms with van der Waals surface area (Å²) in [4.78, 5) is 12.4. The molecule has 0 saturated heterocycles. The van der Waals surface area contributed by atoms with Crippen molar-refractivity contribution in [2.75, 3.05) is 6.54 Å². The molecule has 2 aromatic carbocycles. The molecule has 0 aliphatic carbocycles. The molecular weight excluding hydrogens is 342 g/mol. The number of tetrazole rings is 1. The van der Waals surface area contributed by atoms with Gasteiger partial charge in [-0.25, -0.2) is 4.68 Å². The molecule has 0 radical (unpaired) electrons. The quantitative estimate of drug-likeness (QED) is 0.664. The van der Waals surface area contributed by atoms with Crippen LogP contribution in [0.15, 0.2) is 54.6 Å². The van der Waals surface area contributed by atoms with Crippen LogP contribution >= 0.6 is 0 Å². The lowest BCUT2D eigenvalue weighted by Crippen LogP contribution is -2.25. The van der Waals surface area contributed by atoms with Crippen molar-refractivity contribution in [3.63, 3.8) is 0 Å². The Morgan fingerprint density at radius 2 is 1.96 bits per heavy atom. The van der Waals surface area contributed by atoms with Crippen LogP contribution in [0.5, 0.6) is 5.75 Å². The fourth-order valence-corrected chi connectivity index (χ4v) is 2.65. The summed E-state index contributed by atoms with van der Waals surface area (Å²) in [6, 6.07) is 17.3. The Labute approximate surface area is 158 Å². The Bertz CT molecular complexity index is 877. The van der Waals surface area contributed by atoms with E-state index in [4.69, 9.17) is 4.74 Å². The number of nitrogens with zero attached hydrogens (tertiary/aromatic N) is 4. The van der Waals surface area contributed by atoms with Crippen molar-refractivity contribution < 1.29 is 9.53 Å². The zero-order valence-electron chi connectivity index (χ0n) is 15.5. The molecular formula is C20H23N5O2. The summed E-state index contributed by atoms with van der Waals surface area (Å²) >= 11 is 0. The molecule has 7 heteroatoms. The summed E-state index contributed by atoms with van der Waals surface area (Å²) in [6.07, 6.45) is 0.792. The van der Waals surface area contributed by atoms with Gasteiger partial charge in [-0.3, -0.25) is 4.79 Å². The highest BCUT2D eigenvalue weighted by atomic mass is 16.5. The molecule has 1 aromatic heterocycles. The summed E-state index contributed by atoms with van der Waals surface area (Å²) in [6.45, 7) is 4.82. The van der Waals surface area contributed by atoms with E-state index in [0.717, 1.165) is 6.42 Å². The van der Waals surface area contributed by atoms with Crippen molar-refractivity contribution in [3.8, 4) is 5.75 Å². The van der Waals surface area contributed by atoms with Gasteiger partial charge in [-0.1, -0.05) is 36.4 Å². The number of amides is 1. The van der Waals surface area contributed by atoms with Crippen LogP contribution in [-0.4, -0.2) is 32.7 Å². The van der Waals surface area contributed by atoms with Gasteiger partial charge in [-0.15, -0.1) is 5.10 Å². The summed E-state index contributed by atoms with van der Waals surface area (Å²) in [5.74, 6) is 1.12. The molecule has 0 saturated carbocycles. The molecule has 1 amide bonds. The maximum Gasteiger partial charge on any atom is 0.251 e. The number of benzene rings is 2. The average Bonchev–Trinajstić information content (AvgIpc) is 3.16.